The van der Waals surface area contributed by atoms with Crippen molar-refractivity contribution in [3.8, 4) is 16.9 Å². The number of hydrogen-bond donors (Lipinski definition) is 2. The van der Waals surface area contributed by atoms with Crippen LogP contribution in [0, 0.1) is 0 Å². The van der Waals surface area contributed by atoms with Crippen LogP contribution in [0.3, 0.4) is 0 Å². The third kappa shape index (κ3) is 4.27. The molecule has 0 bridgehead atoms. The average molecular weight is 401 g/mol. The van der Waals surface area contributed by atoms with Crippen molar-refractivity contribution in [2.45, 2.75) is 12.5 Å². The molecule has 30 heavy (non-hydrogen) atoms. The Labute approximate surface area is 175 Å². The number of nitrogens with one attached hydrogen (secondary N) is 2. The van der Waals surface area contributed by atoms with Crippen LogP contribution in [0.4, 0.5) is 16.2 Å². The third-order valence-corrected chi connectivity index (χ3v) is 5.09. The van der Waals surface area contributed by atoms with E-state index in [1.54, 1.807) is 12.0 Å². The van der Waals surface area contributed by atoms with Crippen LogP contribution in [0.15, 0.2) is 78.9 Å². The number of benzene rings is 3. The van der Waals surface area contributed by atoms with Gasteiger partial charge in [0.2, 0.25) is 5.91 Å². The van der Waals surface area contributed by atoms with Gasteiger partial charge in [0.15, 0.2) is 0 Å². The maximum Gasteiger partial charge on any atom is 0.319 e. The molecule has 1 fully saturated rings. The summed E-state index contributed by atoms with van der Waals surface area (Å²) >= 11 is 0. The van der Waals surface area contributed by atoms with Crippen molar-refractivity contribution in [2.75, 3.05) is 23.9 Å². The van der Waals surface area contributed by atoms with Crippen LogP contribution in [-0.2, 0) is 4.79 Å². The second-order valence-electron chi connectivity index (χ2n) is 7.12. The normalized spacial score (nSPS) is 15.7. The van der Waals surface area contributed by atoms with Crippen LogP contribution in [-0.4, -0.2) is 31.6 Å². The van der Waals surface area contributed by atoms with E-state index in [0.717, 1.165) is 22.5 Å². The van der Waals surface area contributed by atoms with Gasteiger partial charge in [-0.25, -0.2) is 4.79 Å². The quantitative estimate of drug-likeness (QED) is 0.670. The summed E-state index contributed by atoms with van der Waals surface area (Å²) in [6.07, 6.45) is 0.255. The van der Waals surface area contributed by atoms with Gasteiger partial charge in [-0.15, -0.1) is 0 Å². The van der Waals surface area contributed by atoms with E-state index in [1.165, 1.54) is 0 Å². The zero-order chi connectivity index (χ0) is 20.9. The highest BCUT2D eigenvalue weighted by molar-refractivity contribution is 5.98. The minimum Gasteiger partial charge on any atom is -0.497 e. The van der Waals surface area contributed by atoms with Gasteiger partial charge >= 0.3 is 6.03 Å². The van der Waals surface area contributed by atoms with Crippen LogP contribution >= 0.6 is 0 Å². The Morgan fingerprint density at radius 3 is 2.57 bits per heavy atom. The van der Waals surface area contributed by atoms with E-state index in [2.05, 4.69) is 10.6 Å². The number of urea groups is 1. The van der Waals surface area contributed by atoms with E-state index in [1.807, 2.05) is 78.9 Å². The van der Waals surface area contributed by atoms with Crippen molar-refractivity contribution in [3.63, 3.8) is 0 Å². The van der Waals surface area contributed by atoms with Crippen LogP contribution in [0.2, 0.25) is 0 Å². The molecule has 6 heteroatoms. The van der Waals surface area contributed by atoms with Crippen molar-refractivity contribution in [2.24, 2.45) is 0 Å². The van der Waals surface area contributed by atoms with Crippen molar-refractivity contribution in [3.05, 3.63) is 78.9 Å². The first-order valence-electron chi connectivity index (χ1n) is 9.80. The Hall–Kier alpha value is -3.80. The second kappa shape index (κ2) is 8.69. The monoisotopic (exact) mass is 401 g/mol. The molecule has 2 N–H and O–H groups in total. The molecular weight excluding hydrogens is 378 g/mol. The molecule has 1 saturated heterocycles. The van der Waals surface area contributed by atoms with E-state index in [4.69, 9.17) is 4.74 Å². The van der Waals surface area contributed by atoms with Gasteiger partial charge in [-0.2, -0.15) is 0 Å². The molecule has 6 nitrogen and oxygen atoms in total. The van der Waals surface area contributed by atoms with Crippen LogP contribution < -0.4 is 20.3 Å². The average Bonchev–Trinajstić information content (AvgIpc) is 3.14. The van der Waals surface area contributed by atoms with Gasteiger partial charge in [0.1, 0.15) is 5.75 Å². The number of para-hydroxylation sites is 1. The van der Waals surface area contributed by atoms with Crippen molar-refractivity contribution in [1.82, 2.24) is 5.32 Å². The van der Waals surface area contributed by atoms with Crippen molar-refractivity contribution in [1.29, 1.82) is 0 Å². The lowest BCUT2D eigenvalue weighted by Crippen LogP contribution is -2.39. The topological polar surface area (TPSA) is 70.7 Å². The van der Waals surface area contributed by atoms with E-state index in [-0.39, 0.29) is 24.4 Å². The number of methoxy groups -OCH3 is 1. The van der Waals surface area contributed by atoms with E-state index >= 15 is 0 Å². The zero-order valence-electron chi connectivity index (χ0n) is 16.7. The number of rotatable bonds is 5. The summed E-state index contributed by atoms with van der Waals surface area (Å²) in [6, 6.07) is 24.3. The molecule has 3 aromatic carbocycles. The molecule has 3 aromatic rings. The lowest BCUT2D eigenvalue weighted by Gasteiger charge is -2.18. The molecule has 0 aromatic heterocycles. The van der Waals surface area contributed by atoms with Gasteiger partial charge in [0.05, 0.1) is 18.8 Å². The Balaban J connectivity index is 1.43. The first-order valence-corrected chi connectivity index (χ1v) is 9.80. The van der Waals surface area contributed by atoms with Crippen LogP contribution in [0.25, 0.3) is 11.1 Å². The van der Waals surface area contributed by atoms with Crippen molar-refractivity contribution < 1.29 is 14.3 Å². The number of hydrogen-bond acceptors (Lipinski definition) is 3. The Kier molecular flexibility index (Phi) is 5.66. The molecule has 0 saturated carbocycles. The summed E-state index contributed by atoms with van der Waals surface area (Å²) in [4.78, 5) is 26.8. The lowest BCUT2D eigenvalue weighted by molar-refractivity contribution is -0.117. The minimum atomic E-state index is -0.330. The Morgan fingerprint density at radius 2 is 1.77 bits per heavy atom. The van der Waals surface area contributed by atoms with Gasteiger partial charge in [-0.05, 0) is 23.8 Å². The molecule has 1 aliphatic rings. The van der Waals surface area contributed by atoms with Gasteiger partial charge in [-0.1, -0.05) is 54.6 Å². The molecular formula is C24H23N3O3. The number of ether oxygens (including phenoxy) is 1. The first kappa shape index (κ1) is 19.5. The fourth-order valence-corrected chi connectivity index (χ4v) is 3.64. The predicted molar refractivity (Wildman–Crippen MR) is 118 cm³/mol. The van der Waals surface area contributed by atoms with Crippen LogP contribution in [0.1, 0.15) is 6.42 Å². The summed E-state index contributed by atoms with van der Waals surface area (Å²) in [6.45, 7) is 0.416. The van der Waals surface area contributed by atoms with E-state index in [9.17, 15) is 9.59 Å². The molecule has 0 radical (unpaired) electrons. The smallest absolute Gasteiger partial charge is 0.319 e. The number of carbonyl (C=O) groups is 2. The number of carbonyl (C=O) groups excluding carboxylic acids is 2. The van der Waals surface area contributed by atoms with E-state index < -0.39 is 0 Å². The summed E-state index contributed by atoms with van der Waals surface area (Å²) in [5.41, 5.74) is 3.44. The van der Waals surface area contributed by atoms with Crippen LogP contribution in [0.5, 0.6) is 5.75 Å². The summed E-state index contributed by atoms with van der Waals surface area (Å²) in [5.74, 6) is 0.658. The van der Waals surface area contributed by atoms with Gasteiger partial charge in [-0.3, -0.25) is 4.79 Å². The summed E-state index contributed by atoms with van der Waals surface area (Å²) in [7, 11) is 1.59. The highest BCUT2D eigenvalue weighted by Gasteiger charge is 2.31. The minimum absolute atomic E-state index is 0.0294. The molecule has 1 aliphatic heterocycles. The first-order chi connectivity index (χ1) is 14.6. The van der Waals surface area contributed by atoms with Gasteiger partial charge < -0.3 is 20.3 Å². The number of anilines is 2. The highest BCUT2D eigenvalue weighted by atomic mass is 16.5. The molecule has 1 heterocycles. The van der Waals surface area contributed by atoms with E-state index in [0.29, 0.717) is 12.3 Å². The highest BCUT2D eigenvalue weighted by Crippen LogP contribution is 2.28. The molecule has 1 atom stereocenters. The number of amides is 3. The maximum atomic E-state index is 12.6. The Morgan fingerprint density at radius 1 is 1.00 bits per heavy atom. The summed E-state index contributed by atoms with van der Waals surface area (Å²) < 4.78 is 5.24. The lowest BCUT2D eigenvalue weighted by atomic mass is 10.0. The molecule has 0 unspecified atom stereocenters. The molecule has 3 amide bonds. The largest absolute Gasteiger partial charge is 0.497 e. The van der Waals surface area contributed by atoms with Gasteiger partial charge in [0, 0.05) is 30.3 Å². The second-order valence-corrected chi connectivity index (χ2v) is 7.12. The SMILES string of the molecule is COc1cccc(N2C[C@H](NC(=O)Nc3ccccc3-c3ccccc3)CC2=O)c1. The fourth-order valence-electron chi connectivity index (χ4n) is 3.64. The zero-order valence-corrected chi connectivity index (χ0v) is 16.7. The molecule has 0 aliphatic carbocycles. The number of nitrogens with zero attached hydrogens (tertiary/aromatic N) is 1. The third-order valence-electron chi connectivity index (χ3n) is 5.09. The predicted octanol–water partition coefficient (Wildman–Crippen LogP) is 4.29. The molecule has 4 rings (SSSR count). The fraction of sp³-hybridized carbons (Fsp3) is 0.167. The molecule has 0 spiro atoms. The Bertz CT molecular complexity index is 1050. The van der Waals surface area contributed by atoms with Crippen molar-refractivity contribution >= 4 is 23.3 Å². The van der Waals surface area contributed by atoms with Gasteiger partial charge in [0.25, 0.3) is 0 Å². The summed E-state index contributed by atoms with van der Waals surface area (Å²) in [5, 5.41) is 5.84. The molecule has 152 valence electrons. The standard InChI is InChI=1S/C24H23N3O3/c1-30-20-11-7-10-19(15-20)27-16-18(14-23(27)28)25-24(29)26-22-13-6-5-12-21(22)17-8-3-2-4-9-17/h2-13,15,18H,14,16H2,1H3,(H2,25,26,29)/t18-/m1/s1. The maximum absolute atomic E-state index is 12.6.